The summed E-state index contributed by atoms with van der Waals surface area (Å²) < 4.78 is 10.6. The van der Waals surface area contributed by atoms with Crippen molar-refractivity contribution in [3.05, 3.63) is 94.0 Å². The van der Waals surface area contributed by atoms with E-state index in [0.29, 0.717) is 16.8 Å². The Morgan fingerprint density at radius 2 is 1.47 bits per heavy atom. The summed E-state index contributed by atoms with van der Waals surface area (Å²) in [5.41, 5.74) is 2.29. The maximum absolute atomic E-state index is 12.5. The van der Waals surface area contributed by atoms with Crippen LogP contribution in [-0.4, -0.2) is 24.6 Å². The fourth-order valence-electron chi connectivity index (χ4n) is 2.79. The van der Waals surface area contributed by atoms with Crippen LogP contribution in [0.5, 0.6) is 5.75 Å². The fraction of sp³-hybridized carbons (Fsp3) is 0.125. The molecular weight excluding hydrogens is 476 g/mol. The SMILES string of the molecule is CCOC(=O)Oc1ccc(C(=O)NCc2ccccc2NC(=O)c2ccc(Br)cc2)cc1. The van der Waals surface area contributed by atoms with Gasteiger partial charge in [0.15, 0.2) is 0 Å². The molecule has 0 radical (unpaired) electrons. The van der Waals surface area contributed by atoms with E-state index in [0.717, 1.165) is 10.0 Å². The van der Waals surface area contributed by atoms with Gasteiger partial charge in [-0.15, -0.1) is 0 Å². The zero-order valence-electron chi connectivity index (χ0n) is 17.3. The summed E-state index contributed by atoms with van der Waals surface area (Å²) in [4.78, 5) is 36.4. The highest BCUT2D eigenvalue weighted by molar-refractivity contribution is 9.10. The van der Waals surface area contributed by atoms with Gasteiger partial charge in [0.1, 0.15) is 5.75 Å². The largest absolute Gasteiger partial charge is 0.513 e. The number of amides is 2. The molecule has 3 aromatic carbocycles. The maximum atomic E-state index is 12.5. The number of halogens is 1. The minimum Gasteiger partial charge on any atom is -0.434 e. The van der Waals surface area contributed by atoms with Crippen LogP contribution >= 0.6 is 15.9 Å². The molecule has 3 rings (SSSR count). The van der Waals surface area contributed by atoms with E-state index in [1.807, 2.05) is 18.2 Å². The lowest BCUT2D eigenvalue weighted by atomic mass is 10.1. The number of rotatable bonds is 7. The molecule has 0 aliphatic carbocycles. The van der Waals surface area contributed by atoms with Gasteiger partial charge >= 0.3 is 6.16 Å². The Labute approximate surface area is 193 Å². The van der Waals surface area contributed by atoms with Gasteiger partial charge in [-0.25, -0.2) is 4.79 Å². The predicted octanol–water partition coefficient (Wildman–Crippen LogP) is 5.17. The van der Waals surface area contributed by atoms with Crippen LogP contribution in [0, 0.1) is 0 Å². The van der Waals surface area contributed by atoms with Crippen molar-refractivity contribution in [2.45, 2.75) is 13.5 Å². The molecule has 0 atom stereocenters. The smallest absolute Gasteiger partial charge is 0.434 e. The molecule has 7 nitrogen and oxygen atoms in total. The molecule has 2 N–H and O–H groups in total. The van der Waals surface area contributed by atoms with Gasteiger partial charge in [0.2, 0.25) is 0 Å². The fourth-order valence-corrected chi connectivity index (χ4v) is 3.05. The molecule has 0 saturated heterocycles. The molecule has 3 aromatic rings. The first-order chi connectivity index (χ1) is 15.5. The third-order valence-electron chi connectivity index (χ3n) is 4.39. The molecule has 2 amide bonds. The third-order valence-corrected chi connectivity index (χ3v) is 4.92. The number of carbonyl (C=O) groups is 3. The molecular formula is C24H21BrN2O5. The van der Waals surface area contributed by atoms with E-state index in [9.17, 15) is 14.4 Å². The van der Waals surface area contributed by atoms with E-state index in [1.54, 1.807) is 49.4 Å². The molecule has 0 aromatic heterocycles. The Morgan fingerprint density at radius 1 is 0.844 bits per heavy atom. The first-order valence-electron chi connectivity index (χ1n) is 9.84. The van der Waals surface area contributed by atoms with Gasteiger partial charge < -0.3 is 20.1 Å². The second-order valence-electron chi connectivity index (χ2n) is 6.61. The van der Waals surface area contributed by atoms with E-state index in [-0.39, 0.29) is 30.7 Å². The molecule has 0 bridgehead atoms. The van der Waals surface area contributed by atoms with E-state index < -0.39 is 6.16 Å². The first kappa shape index (κ1) is 23.0. The molecule has 0 aliphatic heterocycles. The number of carbonyl (C=O) groups excluding carboxylic acids is 3. The summed E-state index contributed by atoms with van der Waals surface area (Å²) >= 11 is 3.35. The predicted molar refractivity (Wildman–Crippen MR) is 124 cm³/mol. The van der Waals surface area contributed by atoms with Crippen LogP contribution in [0.25, 0.3) is 0 Å². The van der Waals surface area contributed by atoms with E-state index >= 15 is 0 Å². The van der Waals surface area contributed by atoms with Gasteiger partial charge in [-0.2, -0.15) is 0 Å². The molecule has 164 valence electrons. The number of benzene rings is 3. The second kappa shape index (κ2) is 11.1. The molecule has 0 unspecified atom stereocenters. The van der Waals surface area contributed by atoms with Crippen LogP contribution in [0.3, 0.4) is 0 Å². The van der Waals surface area contributed by atoms with Crippen molar-refractivity contribution in [2.75, 3.05) is 11.9 Å². The first-order valence-corrected chi connectivity index (χ1v) is 10.6. The maximum Gasteiger partial charge on any atom is 0.513 e. The van der Waals surface area contributed by atoms with Crippen molar-refractivity contribution in [3.63, 3.8) is 0 Å². The molecule has 8 heteroatoms. The van der Waals surface area contributed by atoms with E-state index in [1.165, 1.54) is 12.1 Å². The standard InChI is InChI=1S/C24H21BrN2O5/c1-2-31-24(30)32-20-13-9-16(10-14-20)22(28)26-15-18-5-3-4-6-21(18)27-23(29)17-7-11-19(25)12-8-17/h3-14H,2,15H2,1H3,(H,26,28)(H,27,29). The highest BCUT2D eigenvalue weighted by atomic mass is 79.9. The summed E-state index contributed by atoms with van der Waals surface area (Å²) in [5.74, 6) is -0.267. The number of nitrogens with one attached hydrogen (secondary N) is 2. The summed E-state index contributed by atoms with van der Waals surface area (Å²) in [5, 5.41) is 5.71. The van der Waals surface area contributed by atoms with Gasteiger partial charge in [0, 0.05) is 27.8 Å². The minimum absolute atomic E-state index is 0.213. The quantitative estimate of drug-likeness (QED) is 0.347. The monoisotopic (exact) mass is 496 g/mol. The van der Waals surface area contributed by atoms with Gasteiger partial charge in [0.05, 0.1) is 6.61 Å². The van der Waals surface area contributed by atoms with Crippen LogP contribution < -0.4 is 15.4 Å². The van der Waals surface area contributed by atoms with Crippen LogP contribution in [0.2, 0.25) is 0 Å². The van der Waals surface area contributed by atoms with E-state index in [4.69, 9.17) is 9.47 Å². The van der Waals surface area contributed by atoms with Crippen molar-refractivity contribution >= 4 is 39.6 Å². The summed E-state index contributed by atoms with van der Waals surface area (Å²) in [7, 11) is 0. The molecule has 0 saturated carbocycles. The zero-order chi connectivity index (χ0) is 22.9. The van der Waals surface area contributed by atoms with Crippen molar-refractivity contribution in [2.24, 2.45) is 0 Å². The average Bonchev–Trinajstić information content (AvgIpc) is 2.79. The Balaban J connectivity index is 1.61. The number of para-hydroxylation sites is 1. The number of anilines is 1. The molecule has 0 fully saturated rings. The second-order valence-corrected chi connectivity index (χ2v) is 7.53. The van der Waals surface area contributed by atoms with Crippen LogP contribution in [0.1, 0.15) is 33.2 Å². The summed E-state index contributed by atoms with van der Waals surface area (Å²) in [6, 6.07) is 20.4. The van der Waals surface area contributed by atoms with Crippen molar-refractivity contribution in [1.82, 2.24) is 5.32 Å². The topological polar surface area (TPSA) is 93.7 Å². The van der Waals surface area contributed by atoms with E-state index in [2.05, 4.69) is 26.6 Å². The summed E-state index contributed by atoms with van der Waals surface area (Å²) in [6.07, 6.45) is -0.800. The van der Waals surface area contributed by atoms with Crippen molar-refractivity contribution in [1.29, 1.82) is 0 Å². The Bertz CT molecular complexity index is 1100. The number of hydrogen-bond acceptors (Lipinski definition) is 5. The van der Waals surface area contributed by atoms with Crippen molar-refractivity contribution in [3.8, 4) is 5.75 Å². The van der Waals surface area contributed by atoms with Crippen LogP contribution in [-0.2, 0) is 11.3 Å². The summed E-state index contributed by atoms with van der Waals surface area (Å²) in [6.45, 7) is 2.11. The normalized spacial score (nSPS) is 10.2. The average molecular weight is 497 g/mol. The highest BCUT2D eigenvalue weighted by Gasteiger charge is 2.12. The lowest BCUT2D eigenvalue weighted by Gasteiger charge is -2.12. The Hall–Kier alpha value is -3.65. The molecule has 0 spiro atoms. The van der Waals surface area contributed by atoms with Crippen LogP contribution in [0.4, 0.5) is 10.5 Å². The molecule has 0 heterocycles. The van der Waals surface area contributed by atoms with Gasteiger partial charge in [-0.3, -0.25) is 9.59 Å². The lowest BCUT2D eigenvalue weighted by molar-refractivity contribution is 0.0950. The number of hydrogen-bond donors (Lipinski definition) is 2. The third kappa shape index (κ3) is 6.42. The van der Waals surface area contributed by atoms with Gasteiger partial charge in [0.25, 0.3) is 11.8 Å². The molecule has 0 aliphatic rings. The number of ether oxygens (including phenoxy) is 2. The zero-order valence-corrected chi connectivity index (χ0v) is 18.8. The van der Waals surface area contributed by atoms with Crippen LogP contribution in [0.15, 0.2) is 77.3 Å². The minimum atomic E-state index is -0.800. The Kier molecular flexibility index (Phi) is 7.99. The highest BCUT2D eigenvalue weighted by Crippen LogP contribution is 2.18. The van der Waals surface area contributed by atoms with Gasteiger partial charge in [-0.1, -0.05) is 34.1 Å². The Morgan fingerprint density at radius 3 is 2.16 bits per heavy atom. The van der Waals surface area contributed by atoms with Crippen molar-refractivity contribution < 1.29 is 23.9 Å². The molecule has 32 heavy (non-hydrogen) atoms. The van der Waals surface area contributed by atoms with Gasteiger partial charge in [-0.05, 0) is 67.1 Å². The lowest BCUT2D eigenvalue weighted by Crippen LogP contribution is -2.24.